The molecule has 0 aromatic heterocycles. The molecule has 1 aliphatic carbocycles. The number of carboxylic acid groups (broad SMARTS) is 1. The Morgan fingerprint density at radius 3 is 2.39 bits per heavy atom. The fourth-order valence-corrected chi connectivity index (χ4v) is 5.38. The summed E-state index contributed by atoms with van der Waals surface area (Å²) in [5.41, 5.74) is 4.47. The van der Waals surface area contributed by atoms with Crippen LogP contribution < -0.4 is 5.32 Å². The lowest BCUT2D eigenvalue weighted by Gasteiger charge is -2.29. The fraction of sp³-hybridized carbons (Fsp3) is 0.400. The van der Waals surface area contributed by atoms with Gasteiger partial charge < -0.3 is 24.8 Å². The van der Waals surface area contributed by atoms with Crippen LogP contribution in [0.3, 0.4) is 0 Å². The summed E-state index contributed by atoms with van der Waals surface area (Å²) in [5, 5.41) is 12.1. The van der Waals surface area contributed by atoms with Crippen LogP contribution in [0.1, 0.15) is 36.8 Å². The van der Waals surface area contributed by atoms with E-state index >= 15 is 0 Å². The number of nitrogens with zero attached hydrogens (tertiary/aromatic N) is 1. The number of fused-ring (bicyclic) bond motifs is 4. The number of amides is 2. The molecule has 5 rings (SSSR count). The predicted molar refractivity (Wildman–Crippen MR) is 119 cm³/mol. The Bertz CT molecular complexity index is 1060. The lowest BCUT2D eigenvalue weighted by atomic mass is 9.98. The number of nitrogens with one attached hydrogen (secondary N) is 1. The van der Waals surface area contributed by atoms with Gasteiger partial charge in [0.05, 0.1) is 12.1 Å². The third-order valence-corrected chi connectivity index (χ3v) is 6.91. The maximum Gasteiger partial charge on any atom is 0.407 e. The number of ether oxygens (including phenoxy) is 2. The number of hydrogen-bond acceptors (Lipinski definition) is 5. The van der Waals surface area contributed by atoms with Crippen molar-refractivity contribution in [3.05, 3.63) is 59.7 Å². The number of alkyl carbamates (subject to hydrolysis) is 1. The van der Waals surface area contributed by atoms with Crippen LogP contribution in [0.15, 0.2) is 48.5 Å². The van der Waals surface area contributed by atoms with E-state index in [4.69, 9.17) is 9.47 Å². The second-order valence-electron chi connectivity index (χ2n) is 8.79. The van der Waals surface area contributed by atoms with Crippen molar-refractivity contribution in [3.8, 4) is 11.1 Å². The molecule has 2 fully saturated rings. The van der Waals surface area contributed by atoms with Gasteiger partial charge in [-0.05, 0) is 35.6 Å². The van der Waals surface area contributed by atoms with Crippen LogP contribution in [-0.2, 0) is 19.1 Å². The fourth-order valence-electron chi connectivity index (χ4n) is 5.38. The first kappa shape index (κ1) is 21.5. The van der Waals surface area contributed by atoms with E-state index in [9.17, 15) is 19.5 Å². The first-order chi connectivity index (χ1) is 16.0. The molecule has 2 aromatic carbocycles. The van der Waals surface area contributed by atoms with Crippen molar-refractivity contribution in [3.63, 3.8) is 0 Å². The summed E-state index contributed by atoms with van der Waals surface area (Å²) in [6.45, 7) is 2.19. The molecule has 2 aromatic rings. The van der Waals surface area contributed by atoms with Crippen molar-refractivity contribution >= 4 is 18.0 Å². The van der Waals surface area contributed by atoms with E-state index in [2.05, 4.69) is 17.4 Å². The summed E-state index contributed by atoms with van der Waals surface area (Å²) in [6, 6.07) is 14.0. The highest BCUT2D eigenvalue weighted by Gasteiger charge is 2.50. The SMILES string of the molecule is C[C@@H](NC(=O)OCC1c2ccccc2-c2ccccc21)C(=O)N1C(C(=O)O)CC2OCCC21. The second-order valence-corrected chi connectivity index (χ2v) is 8.79. The Labute approximate surface area is 191 Å². The summed E-state index contributed by atoms with van der Waals surface area (Å²) >= 11 is 0. The van der Waals surface area contributed by atoms with Gasteiger partial charge >= 0.3 is 12.1 Å². The van der Waals surface area contributed by atoms with Gasteiger partial charge in [-0.15, -0.1) is 0 Å². The second kappa shape index (κ2) is 8.51. The quantitative estimate of drug-likeness (QED) is 0.726. The Morgan fingerprint density at radius 1 is 1.12 bits per heavy atom. The van der Waals surface area contributed by atoms with Crippen LogP contribution in [-0.4, -0.2) is 65.4 Å². The number of benzene rings is 2. The van der Waals surface area contributed by atoms with E-state index in [1.165, 1.54) is 4.90 Å². The van der Waals surface area contributed by atoms with Gasteiger partial charge in [-0.2, -0.15) is 0 Å². The minimum Gasteiger partial charge on any atom is -0.480 e. The lowest BCUT2D eigenvalue weighted by molar-refractivity contribution is -0.150. The van der Waals surface area contributed by atoms with Crippen molar-refractivity contribution in [2.24, 2.45) is 0 Å². The number of carboxylic acids is 1. The molecule has 0 saturated carbocycles. The summed E-state index contributed by atoms with van der Waals surface area (Å²) in [5.74, 6) is -1.58. The maximum absolute atomic E-state index is 13.1. The Morgan fingerprint density at radius 2 is 1.76 bits per heavy atom. The van der Waals surface area contributed by atoms with E-state index in [1.807, 2.05) is 36.4 Å². The zero-order valence-corrected chi connectivity index (χ0v) is 18.3. The number of carbonyl (C=O) groups is 3. The number of carbonyl (C=O) groups excluding carboxylic acids is 2. The summed E-state index contributed by atoms with van der Waals surface area (Å²) < 4.78 is 11.1. The average Bonchev–Trinajstić information content (AvgIpc) is 3.49. The molecular formula is C25H26N2O6. The Balaban J connectivity index is 1.24. The lowest BCUT2D eigenvalue weighted by Crippen LogP contribution is -2.53. The standard InChI is InChI=1S/C25H26N2O6/c1-14(23(28)27-20-10-11-32-22(20)12-21(27)24(29)30)26-25(31)33-13-19-17-8-4-2-6-15(17)16-7-3-5-9-18(16)19/h2-9,14,19-22H,10-13H2,1H3,(H,26,31)(H,29,30)/t14-,20?,21?,22?/m1/s1. The van der Waals surface area contributed by atoms with Crippen LogP contribution in [0.25, 0.3) is 11.1 Å². The topological polar surface area (TPSA) is 105 Å². The molecular weight excluding hydrogens is 424 g/mol. The van der Waals surface area contributed by atoms with Gasteiger partial charge in [0, 0.05) is 18.9 Å². The van der Waals surface area contributed by atoms with Crippen molar-refractivity contribution in [2.75, 3.05) is 13.2 Å². The van der Waals surface area contributed by atoms with Gasteiger partial charge in [0.15, 0.2) is 0 Å². The number of likely N-dealkylation sites (tertiary alicyclic amines) is 1. The molecule has 2 heterocycles. The van der Waals surface area contributed by atoms with E-state index in [-0.39, 0.29) is 31.1 Å². The first-order valence-corrected chi connectivity index (χ1v) is 11.2. The molecule has 3 aliphatic rings. The molecule has 2 N–H and O–H groups in total. The third-order valence-electron chi connectivity index (χ3n) is 6.91. The molecule has 0 bridgehead atoms. The molecule has 0 radical (unpaired) electrons. The van der Waals surface area contributed by atoms with Gasteiger partial charge in [-0.25, -0.2) is 9.59 Å². The molecule has 2 saturated heterocycles. The van der Waals surface area contributed by atoms with Crippen molar-refractivity contribution in [1.29, 1.82) is 0 Å². The Hall–Kier alpha value is -3.39. The smallest absolute Gasteiger partial charge is 0.407 e. The Kier molecular flexibility index (Phi) is 5.54. The van der Waals surface area contributed by atoms with Crippen LogP contribution in [0, 0.1) is 0 Å². The molecule has 33 heavy (non-hydrogen) atoms. The van der Waals surface area contributed by atoms with Gasteiger partial charge in [0.25, 0.3) is 0 Å². The van der Waals surface area contributed by atoms with Crippen molar-refractivity contribution in [2.45, 2.75) is 49.9 Å². The zero-order chi connectivity index (χ0) is 23.1. The largest absolute Gasteiger partial charge is 0.480 e. The van der Waals surface area contributed by atoms with Crippen molar-refractivity contribution < 1.29 is 29.0 Å². The molecule has 3 unspecified atom stereocenters. The minimum atomic E-state index is -1.06. The maximum atomic E-state index is 13.1. The summed E-state index contributed by atoms with van der Waals surface area (Å²) in [6.07, 6.45) is -0.110. The van der Waals surface area contributed by atoms with Gasteiger partial charge in [-0.1, -0.05) is 48.5 Å². The summed E-state index contributed by atoms with van der Waals surface area (Å²) in [7, 11) is 0. The van der Waals surface area contributed by atoms with E-state index in [0.717, 1.165) is 22.3 Å². The number of aliphatic carboxylic acids is 1. The van der Waals surface area contributed by atoms with Crippen LogP contribution in [0.5, 0.6) is 0 Å². The van der Waals surface area contributed by atoms with E-state index < -0.39 is 30.1 Å². The van der Waals surface area contributed by atoms with Crippen LogP contribution in [0.4, 0.5) is 4.79 Å². The first-order valence-electron chi connectivity index (χ1n) is 11.2. The zero-order valence-electron chi connectivity index (χ0n) is 18.3. The van der Waals surface area contributed by atoms with E-state index in [1.54, 1.807) is 6.92 Å². The highest BCUT2D eigenvalue weighted by Crippen LogP contribution is 2.44. The minimum absolute atomic E-state index is 0.0828. The molecule has 2 aliphatic heterocycles. The average molecular weight is 450 g/mol. The summed E-state index contributed by atoms with van der Waals surface area (Å²) in [4.78, 5) is 38.7. The van der Waals surface area contributed by atoms with Gasteiger partial charge in [0.2, 0.25) is 5.91 Å². The highest BCUT2D eigenvalue weighted by molar-refractivity contribution is 5.90. The number of rotatable bonds is 5. The molecule has 4 atom stereocenters. The molecule has 8 nitrogen and oxygen atoms in total. The van der Waals surface area contributed by atoms with E-state index in [0.29, 0.717) is 13.0 Å². The molecule has 2 amide bonds. The third kappa shape index (κ3) is 3.74. The van der Waals surface area contributed by atoms with Gasteiger partial charge in [0.1, 0.15) is 18.7 Å². The monoisotopic (exact) mass is 450 g/mol. The molecule has 0 spiro atoms. The predicted octanol–water partition coefficient (Wildman–Crippen LogP) is 2.76. The van der Waals surface area contributed by atoms with Crippen LogP contribution in [0.2, 0.25) is 0 Å². The molecule has 8 heteroatoms. The number of hydrogen-bond donors (Lipinski definition) is 2. The molecule has 172 valence electrons. The van der Waals surface area contributed by atoms with Crippen LogP contribution >= 0.6 is 0 Å². The van der Waals surface area contributed by atoms with Gasteiger partial charge in [-0.3, -0.25) is 4.79 Å². The highest BCUT2D eigenvalue weighted by atomic mass is 16.5. The van der Waals surface area contributed by atoms with Crippen molar-refractivity contribution in [1.82, 2.24) is 10.2 Å². The normalized spacial score (nSPS) is 24.0.